The molecule has 3 rings (SSSR count). The SMILES string of the molecule is CC1(C)COC2(OC1)c1ccccc1C(=O)CC2C=O. The van der Waals surface area contributed by atoms with Crippen molar-refractivity contribution < 1.29 is 19.1 Å². The van der Waals surface area contributed by atoms with Crippen LogP contribution in [0.1, 0.15) is 36.2 Å². The Labute approximate surface area is 118 Å². The standard InChI is InChI=1S/C16H18O4/c1-15(2)9-19-16(20-10-15)11(8-17)7-14(18)12-5-3-4-6-13(12)16/h3-6,8,11H,7,9-10H2,1-2H3. The second-order valence-electron chi connectivity index (χ2n) is 6.32. The summed E-state index contributed by atoms with van der Waals surface area (Å²) in [7, 11) is 0. The van der Waals surface area contributed by atoms with Crippen LogP contribution in [0.4, 0.5) is 0 Å². The van der Waals surface area contributed by atoms with Crippen LogP contribution in [0.5, 0.6) is 0 Å². The maximum Gasteiger partial charge on any atom is 0.205 e. The maximum absolute atomic E-state index is 12.1. The smallest absolute Gasteiger partial charge is 0.205 e. The average Bonchev–Trinajstić information content (AvgIpc) is 2.45. The minimum Gasteiger partial charge on any atom is -0.345 e. The van der Waals surface area contributed by atoms with Gasteiger partial charge in [0.05, 0.1) is 19.1 Å². The van der Waals surface area contributed by atoms with Gasteiger partial charge >= 0.3 is 0 Å². The predicted molar refractivity (Wildman–Crippen MR) is 72.3 cm³/mol. The van der Waals surface area contributed by atoms with E-state index in [-0.39, 0.29) is 17.6 Å². The van der Waals surface area contributed by atoms with Crippen molar-refractivity contribution in [2.75, 3.05) is 13.2 Å². The number of fused-ring (bicyclic) bond motifs is 2. The molecule has 1 aromatic carbocycles. The van der Waals surface area contributed by atoms with E-state index in [0.717, 1.165) is 6.29 Å². The molecule has 0 bridgehead atoms. The van der Waals surface area contributed by atoms with E-state index in [4.69, 9.17) is 9.47 Å². The zero-order valence-corrected chi connectivity index (χ0v) is 11.7. The number of Topliss-reactive ketones (excluding diaryl/α,β-unsaturated/α-hetero) is 1. The molecule has 106 valence electrons. The van der Waals surface area contributed by atoms with Gasteiger partial charge in [-0.05, 0) is 0 Å². The first kappa shape index (κ1) is 13.5. The van der Waals surface area contributed by atoms with Gasteiger partial charge in [-0.1, -0.05) is 38.1 Å². The molecule has 1 fully saturated rings. The lowest BCUT2D eigenvalue weighted by Crippen LogP contribution is -2.53. The van der Waals surface area contributed by atoms with E-state index in [1.54, 1.807) is 6.07 Å². The fourth-order valence-electron chi connectivity index (χ4n) is 2.87. The van der Waals surface area contributed by atoms with E-state index in [1.165, 1.54) is 0 Å². The summed E-state index contributed by atoms with van der Waals surface area (Å²) in [5, 5.41) is 0. The lowest BCUT2D eigenvalue weighted by atomic mass is 9.77. The zero-order valence-electron chi connectivity index (χ0n) is 11.7. The van der Waals surface area contributed by atoms with Crippen LogP contribution in [0.3, 0.4) is 0 Å². The van der Waals surface area contributed by atoms with Crippen molar-refractivity contribution in [2.45, 2.75) is 26.1 Å². The van der Waals surface area contributed by atoms with Gasteiger partial charge in [-0.2, -0.15) is 0 Å². The number of carbonyl (C=O) groups is 2. The van der Waals surface area contributed by atoms with Crippen LogP contribution in [-0.4, -0.2) is 25.3 Å². The molecule has 1 aromatic rings. The second-order valence-corrected chi connectivity index (χ2v) is 6.32. The summed E-state index contributed by atoms with van der Waals surface area (Å²) >= 11 is 0. The van der Waals surface area contributed by atoms with Crippen LogP contribution in [-0.2, 0) is 20.1 Å². The molecule has 0 aromatic heterocycles. The number of rotatable bonds is 1. The lowest BCUT2D eigenvalue weighted by Gasteiger charge is -2.48. The van der Waals surface area contributed by atoms with E-state index in [0.29, 0.717) is 24.3 Å². The summed E-state index contributed by atoms with van der Waals surface area (Å²) in [6, 6.07) is 7.25. The molecular weight excluding hydrogens is 256 g/mol. The third-order valence-electron chi connectivity index (χ3n) is 4.02. The Bertz CT molecular complexity index is 551. The zero-order chi connectivity index (χ0) is 14.4. The van der Waals surface area contributed by atoms with Crippen molar-refractivity contribution in [1.29, 1.82) is 0 Å². The Kier molecular flexibility index (Phi) is 3.03. The van der Waals surface area contributed by atoms with E-state index in [9.17, 15) is 9.59 Å². The largest absolute Gasteiger partial charge is 0.345 e. The first-order valence-corrected chi connectivity index (χ1v) is 6.84. The first-order valence-electron chi connectivity index (χ1n) is 6.84. The fourth-order valence-corrected chi connectivity index (χ4v) is 2.87. The summed E-state index contributed by atoms with van der Waals surface area (Å²) in [4.78, 5) is 23.6. The monoisotopic (exact) mass is 274 g/mol. The van der Waals surface area contributed by atoms with Crippen LogP contribution in [0.15, 0.2) is 24.3 Å². The predicted octanol–water partition coefficient (Wildman–Crippen LogP) is 2.31. The van der Waals surface area contributed by atoms with Gasteiger partial charge in [-0.25, -0.2) is 0 Å². The van der Waals surface area contributed by atoms with E-state index >= 15 is 0 Å². The van der Waals surface area contributed by atoms with Gasteiger partial charge in [0.2, 0.25) is 5.79 Å². The molecule has 1 unspecified atom stereocenters. The van der Waals surface area contributed by atoms with Crippen LogP contribution >= 0.6 is 0 Å². The molecule has 1 aliphatic carbocycles. The Hall–Kier alpha value is -1.52. The number of hydrogen-bond donors (Lipinski definition) is 0. The van der Waals surface area contributed by atoms with Gasteiger partial charge in [-0.15, -0.1) is 0 Å². The highest BCUT2D eigenvalue weighted by molar-refractivity contribution is 6.00. The number of aldehydes is 1. The molecule has 0 saturated carbocycles. The van der Waals surface area contributed by atoms with Gasteiger partial charge in [0, 0.05) is 23.0 Å². The van der Waals surface area contributed by atoms with Crippen molar-refractivity contribution >= 4 is 12.1 Å². The molecule has 1 aliphatic heterocycles. The normalized spacial score (nSPS) is 27.1. The van der Waals surface area contributed by atoms with E-state index in [2.05, 4.69) is 13.8 Å². The third kappa shape index (κ3) is 1.91. The first-order chi connectivity index (χ1) is 9.48. The van der Waals surface area contributed by atoms with Gasteiger partial charge < -0.3 is 14.3 Å². The van der Waals surface area contributed by atoms with Crippen LogP contribution in [0, 0.1) is 11.3 Å². The molecule has 4 nitrogen and oxygen atoms in total. The molecule has 1 spiro atoms. The highest BCUT2D eigenvalue weighted by Crippen LogP contribution is 2.46. The molecule has 1 saturated heterocycles. The van der Waals surface area contributed by atoms with Crippen molar-refractivity contribution in [3.8, 4) is 0 Å². The molecule has 0 amide bonds. The van der Waals surface area contributed by atoms with Crippen molar-refractivity contribution in [3.63, 3.8) is 0 Å². The number of ketones is 1. The van der Waals surface area contributed by atoms with Crippen LogP contribution in [0.25, 0.3) is 0 Å². The van der Waals surface area contributed by atoms with Crippen molar-refractivity contribution in [3.05, 3.63) is 35.4 Å². The van der Waals surface area contributed by atoms with E-state index < -0.39 is 11.7 Å². The van der Waals surface area contributed by atoms with Gasteiger partial charge in [0.25, 0.3) is 0 Å². The van der Waals surface area contributed by atoms with Crippen molar-refractivity contribution in [1.82, 2.24) is 0 Å². The second kappa shape index (κ2) is 4.50. The van der Waals surface area contributed by atoms with Crippen molar-refractivity contribution in [2.24, 2.45) is 11.3 Å². The van der Waals surface area contributed by atoms with Gasteiger partial charge in [0.1, 0.15) is 6.29 Å². The number of ether oxygens (including phenoxy) is 2. The summed E-state index contributed by atoms with van der Waals surface area (Å²) in [6.45, 7) is 5.10. The minimum absolute atomic E-state index is 0.0274. The number of carbonyl (C=O) groups excluding carboxylic acids is 2. The molecule has 2 aliphatic rings. The molecule has 0 N–H and O–H groups in total. The maximum atomic E-state index is 12.1. The van der Waals surface area contributed by atoms with Crippen LogP contribution < -0.4 is 0 Å². The van der Waals surface area contributed by atoms with Gasteiger partial charge in [0.15, 0.2) is 5.78 Å². The highest BCUT2D eigenvalue weighted by Gasteiger charge is 2.52. The van der Waals surface area contributed by atoms with Gasteiger partial charge in [-0.3, -0.25) is 4.79 Å². The molecule has 4 heteroatoms. The summed E-state index contributed by atoms with van der Waals surface area (Å²) in [5.74, 6) is -1.71. The topological polar surface area (TPSA) is 52.6 Å². The fraction of sp³-hybridized carbons (Fsp3) is 0.500. The quantitative estimate of drug-likeness (QED) is 0.737. The average molecular weight is 274 g/mol. The van der Waals surface area contributed by atoms with Crippen LogP contribution in [0.2, 0.25) is 0 Å². The van der Waals surface area contributed by atoms with E-state index in [1.807, 2.05) is 18.2 Å². The Morgan fingerprint density at radius 1 is 1.20 bits per heavy atom. The molecular formula is C16H18O4. The summed E-state index contributed by atoms with van der Waals surface area (Å²) in [5.41, 5.74) is 1.20. The number of hydrogen-bond acceptors (Lipinski definition) is 4. The summed E-state index contributed by atoms with van der Waals surface area (Å²) in [6.07, 6.45) is 0.924. The summed E-state index contributed by atoms with van der Waals surface area (Å²) < 4.78 is 12.0. The molecule has 0 radical (unpaired) electrons. The third-order valence-corrected chi connectivity index (χ3v) is 4.02. The lowest BCUT2D eigenvalue weighted by molar-refractivity contribution is -0.326. The Morgan fingerprint density at radius 3 is 2.50 bits per heavy atom. The molecule has 1 atom stereocenters. The molecule has 20 heavy (non-hydrogen) atoms. The Morgan fingerprint density at radius 2 is 1.85 bits per heavy atom. The highest BCUT2D eigenvalue weighted by atomic mass is 16.7. The minimum atomic E-state index is -1.10. The molecule has 1 heterocycles. The number of benzene rings is 1. The Balaban J connectivity index is 2.10.